The van der Waals surface area contributed by atoms with E-state index >= 15 is 0 Å². The Kier molecular flexibility index (Phi) is 2.33. The highest BCUT2D eigenvalue weighted by molar-refractivity contribution is 5.78. The Hall–Kier alpha value is -1.61. The third-order valence-electron chi connectivity index (χ3n) is 2.13. The molecular weight excluding hydrogens is 178 g/mol. The second kappa shape index (κ2) is 3.64. The molecule has 0 amide bonds. The number of aromatic nitrogens is 1. The maximum atomic E-state index is 11.5. The zero-order chi connectivity index (χ0) is 9.97. The largest absolute Gasteiger partial charge is 0.380 e. The maximum Gasteiger partial charge on any atom is 0.253 e. The van der Waals surface area contributed by atoms with Crippen LogP contribution in [-0.4, -0.2) is 12.1 Å². The molecule has 0 atom stereocenters. The number of hydrogen-bond donors (Lipinski definition) is 1. The molecule has 0 unspecified atom stereocenters. The van der Waals surface area contributed by atoms with E-state index in [4.69, 9.17) is 4.74 Å². The maximum absolute atomic E-state index is 11.5. The second-order valence-corrected chi connectivity index (χ2v) is 3.14. The van der Waals surface area contributed by atoms with E-state index in [1.54, 1.807) is 7.11 Å². The van der Waals surface area contributed by atoms with E-state index in [1.165, 1.54) is 0 Å². The third-order valence-corrected chi connectivity index (χ3v) is 2.13. The van der Waals surface area contributed by atoms with Crippen molar-refractivity contribution in [3.05, 3.63) is 46.2 Å². The van der Waals surface area contributed by atoms with Gasteiger partial charge >= 0.3 is 0 Å². The number of ether oxygens (including phenoxy) is 1. The van der Waals surface area contributed by atoms with Gasteiger partial charge in [-0.05, 0) is 17.5 Å². The Morgan fingerprint density at radius 1 is 1.36 bits per heavy atom. The second-order valence-electron chi connectivity index (χ2n) is 3.14. The number of rotatable bonds is 2. The van der Waals surface area contributed by atoms with E-state index in [9.17, 15) is 4.79 Å². The molecule has 72 valence electrons. The van der Waals surface area contributed by atoms with Gasteiger partial charge in [0.05, 0.1) is 6.61 Å². The molecule has 0 aliphatic carbocycles. The van der Waals surface area contributed by atoms with Crippen molar-refractivity contribution in [1.82, 2.24) is 4.98 Å². The van der Waals surface area contributed by atoms with Crippen LogP contribution in [0, 0.1) is 0 Å². The lowest BCUT2D eigenvalue weighted by atomic mass is 10.2. The molecule has 0 saturated carbocycles. The zero-order valence-corrected chi connectivity index (χ0v) is 7.91. The Balaban J connectivity index is 2.65. The summed E-state index contributed by atoms with van der Waals surface area (Å²) in [5, 5.41) is 1.03. The fraction of sp³-hybridized carbons (Fsp3) is 0.182. The molecule has 2 rings (SSSR count). The van der Waals surface area contributed by atoms with Crippen LogP contribution >= 0.6 is 0 Å². The van der Waals surface area contributed by atoms with Crippen molar-refractivity contribution in [1.29, 1.82) is 0 Å². The molecule has 3 nitrogen and oxygen atoms in total. The number of aromatic amines is 1. The lowest BCUT2D eigenvalue weighted by Gasteiger charge is -2.01. The van der Waals surface area contributed by atoms with E-state index in [0.717, 1.165) is 10.9 Å². The number of nitrogens with one attached hydrogen (secondary N) is 1. The van der Waals surface area contributed by atoms with E-state index in [0.29, 0.717) is 12.2 Å². The van der Waals surface area contributed by atoms with Gasteiger partial charge in [0.2, 0.25) is 0 Å². The van der Waals surface area contributed by atoms with Gasteiger partial charge in [-0.2, -0.15) is 0 Å². The van der Waals surface area contributed by atoms with Gasteiger partial charge in [-0.25, -0.2) is 0 Å². The standard InChI is InChI=1S/C11H11NO2/c1-14-7-9-6-8-4-2-3-5-10(8)12-11(9)13/h2-6H,7H2,1H3,(H,12,13). The minimum atomic E-state index is -0.0782. The minimum absolute atomic E-state index is 0.0782. The summed E-state index contributed by atoms with van der Waals surface area (Å²) in [6.07, 6.45) is 0. The average Bonchev–Trinajstić information content (AvgIpc) is 2.19. The highest BCUT2D eigenvalue weighted by atomic mass is 16.5. The first-order chi connectivity index (χ1) is 6.81. The number of pyridine rings is 1. The summed E-state index contributed by atoms with van der Waals surface area (Å²) in [7, 11) is 1.58. The highest BCUT2D eigenvalue weighted by Crippen LogP contribution is 2.10. The van der Waals surface area contributed by atoms with Gasteiger partial charge in [0, 0.05) is 18.2 Å². The summed E-state index contributed by atoms with van der Waals surface area (Å²) in [4.78, 5) is 14.3. The SMILES string of the molecule is COCc1cc2ccccc2[nH]c1=O. The molecule has 0 aliphatic rings. The summed E-state index contributed by atoms with van der Waals surface area (Å²) in [6, 6.07) is 9.54. The molecule has 1 heterocycles. The minimum Gasteiger partial charge on any atom is -0.380 e. The van der Waals surface area contributed by atoms with Gasteiger partial charge in [0.15, 0.2) is 0 Å². The number of hydrogen-bond acceptors (Lipinski definition) is 2. The van der Waals surface area contributed by atoms with Crippen LogP contribution in [0.5, 0.6) is 0 Å². The normalized spacial score (nSPS) is 10.6. The van der Waals surface area contributed by atoms with E-state index in [2.05, 4.69) is 4.98 Å². The summed E-state index contributed by atoms with van der Waals surface area (Å²) in [5.74, 6) is 0. The number of para-hydroxylation sites is 1. The molecule has 0 fully saturated rings. The number of fused-ring (bicyclic) bond motifs is 1. The molecule has 0 bridgehead atoms. The molecule has 0 spiro atoms. The molecule has 3 heteroatoms. The average molecular weight is 189 g/mol. The number of H-pyrrole nitrogens is 1. The predicted molar refractivity (Wildman–Crippen MR) is 55.3 cm³/mol. The Morgan fingerprint density at radius 3 is 2.93 bits per heavy atom. The van der Waals surface area contributed by atoms with Gasteiger partial charge in [-0.15, -0.1) is 0 Å². The van der Waals surface area contributed by atoms with Crippen molar-refractivity contribution in [2.45, 2.75) is 6.61 Å². The van der Waals surface area contributed by atoms with Crippen molar-refractivity contribution in [2.24, 2.45) is 0 Å². The Bertz CT molecular complexity index is 502. The smallest absolute Gasteiger partial charge is 0.253 e. The molecule has 0 radical (unpaired) electrons. The van der Waals surface area contributed by atoms with Crippen molar-refractivity contribution in [3.63, 3.8) is 0 Å². The van der Waals surface area contributed by atoms with E-state index in [1.807, 2.05) is 30.3 Å². The van der Waals surface area contributed by atoms with Crippen LogP contribution in [0.1, 0.15) is 5.56 Å². The first kappa shape index (κ1) is 8.97. The van der Waals surface area contributed by atoms with Crippen molar-refractivity contribution in [3.8, 4) is 0 Å². The van der Waals surface area contributed by atoms with Gasteiger partial charge in [-0.3, -0.25) is 4.79 Å². The van der Waals surface area contributed by atoms with Crippen LogP contribution in [0.2, 0.25) is 0 Å². The summed E-state index contributed by atoms with van der Waals surface area (Å²) in [5.41, 5.74) is 1.44. The van der Waals surface area contributed by atoms with Gasteiger partial charge in [-0.1, -0.05) is 18.2 Å². The van der Waals surface area contributed by atoms with Crippen LogP contribution in [0.15, 0.2) is 35.1 Å². The van der Waals surface area contributed by atoms with Gasteiger partial charge in [0.1, 0.15) is 0 Å². The molecule has 1 aromatic carbocycles. The molecular formula is C11H11NO2. The van der Waals surface area contributed by atoms with Crippen molar-refractivity contribution < 1.29 is 4.74 Å². The quantitative estimate of drug-likeness (QED) is 0.780. The number of methoxy groups -OCH3 is 1. The highest BCUT2D eigenvalue weighted by Gasteiger charge is 2.00. The van der Waals surface area contributed by atoms with Gasteiger partial charge in [0.25, 0.3) is 5.56 Å². The zero-order valence-electron chi connectivity index (χ0n) is 7.91. The fourth-order valence-electron chi connectivity index (χ4n) is 1.46. The third kappa shape index (κ3) is 1.54. The number of benzene rings is 1. The Labute approximate surface area is 81.3 Å². The fourth-order valence-corrected chi connectivity index (χ4v) is 1.46. The summed E-state index contributed by atoms with van der Waals surface area (Å²) >= 11 is 0. The van der Waals surface area contributed by atoms with Gasteiger partial charge < -0.3 is 9.72 Å². The molecule has 0 aliphatic heterocycles. The van der Waals surface area contributed by atoms with Crippen LogP contribution < -0.4 is 5.56 Å². The van der Waals surface area contributed by atoms with Crippen LogP contribution in [0.25, 0.3) is 10.9 Å². The first-order valence-electron chi connectivity index (χ1n) is 4.41. The molecule has 2 aromatic rings. The summed E-state index contributed by atoms with van der Waals surface area (Å²) in [6.45, 7) is 0.347. The monoisotopic (exact) mass is 189 g/mol. The molecule has 1 N–H and O–H groups in total. The van der Waals surface area contributed by atoms with Crippen LogP contribution in [0.3, 0.4) is 0 Å². The van der Waals surface area contributed by atoms with E-state index < -0.39 is 0 Å². The molecule has 1 aromatic heterocycles. The van der Waals surface area contributed by atoms with Crippen LogP contribution in [0.4, 0.5) is 0 Å². The first-order valence-corrected chi connectivity index (χ1v) is 4.41. The lowest BCUT2D eigenvalue weighted by molar-refractivity contribution is 0.184. The topological polar surface area (TPSA) is 42.1 Å². The molecule has 0 saturated heterocycles. The molecule has 14 heavy (non-hydrogen) atoms. The van der Waals surface area contributed by atoms with Crippen LogP contribution in [-0.2, 0) is 11.3 Å². The van der Waals surface area contributed by atoms with E-state index in [-0.39, 0.29) is 5.56 Å². The summed E-state index contributed by atoms with van der Waals surface area (Å²) < 4.78 is 4.94. The van der Waals surface area contributed by atoms with Crippen molar-refractivity contribution in [2.75, 3.05) is 7.11 Å². The lowest BCUT2D eigenvalue weighted by Crippen LogP contribution is -2.12. The van der Waals surface area contributed by atoms with Crippen molar-refractivity contribution >= 4 is 10.9 Å². The predicted octanol–water partition coefficient (Wildman–Crippen LogP) is 1.67. The Morgan fingerprint density at radius 2 is 2.14 bits per heavy atom.